The van der Waals surface area contributed by atoms with Crippen molar-refractivity contribution in [1.29, 1.82) is 0 Å². The number of benzene rings is 4. The highest BCUT2D eigenvalue weighted by molar-refractivity contribution is 5.89. The first-order chi connectivity index (χ1) is 39.2. The summed E-state index contributed by atoms with van der Waals surface area (Å²) in [5, 5.41) is 6.13. The lowest BCUT2D eigenvalue weighted by atomic mass is 9.82. The fraction of sp³-hybridized carbons (Fsp3) is 0.418. The van der Waals surface area contributed by atoms with E-state index in [0.29, 0.717) is 54.2 Å². The van der Waals surface area contributed by atoms with E-state index in [1.165, 1.54) is 42.4 Å². The molecule has 10 rings (SSSR count). The molecular formula is C67H78N8O7. The number of amides is 4. The Morgan fingerprint density at radius 3 is 1.89 bits per heavy atom. The number of ether oxygens (including phenoxy) is 2. The summed E-state index contributed by atoms with van der Waals surface area (Å²) in [5.74, 6) is 0.647. The van der Waals surface area contributed by atoms with Gasteiger partial charge in [-0.2, -0.15) is 0 Å². The Kier molecular flexibility index (Phi) is 16.3. The molecule has 3 fully saturated rings. The lowest BCUT2D eigenvalue weighted by Gasteiger charge is -2.30. The molecule has 428 valence electrons. The molecule has 0 bridgehead atoms. The van der Waals surface area contributed by atoms with E-state index in [1.807, 2.05) is 57.0 Å². The molecule has 4 amide bonds. The quantitative estimate of drug-likeness (QED) is 0.0683. The van der Waals surface area contributed by atoms with E-state index in [1.54, 1.807) is 59.5 Å². The molecule has 0 radical (unpaired) electrons. The summed E-state index contributed by atoms with van der Waals surface area (Å²) in [4.78, 5) is 89.3. The molecule has 2 aliphatic carbocycles. The van der Waals surface area contributed by atoms with Crippen LogP contribution in [0.15, 0.2) is 133 Å². The third-order valence-electron chi connectivity index (χ3n) is 17.1. The first-order valence-electron chi connectivity index (χ1n) is 29.1. The molecule has 2 saturated heterocycles. The van der Waals surface area contributed by atoms with Crippen molar-refractivity contribution in [3.05, 3.63) is 161 Å². The third kappa shape index (κ3) is 12.2. The number of fused-ring (bicyclic) bond motifs is 2. The molecule has 4 N–H and O–H groups in total. The minimum atomic E-state index is -0.865. The Labute approximate surface area is 481 Å². The van der Waals surface area contributed by atoms with Gasteiger partial charge in [0.25, 0.3) is 5.56 Å². The summed E-state index contributed by atoms with van der Waals surface area (Å²) in [6.45, 7) is 20.8. The molecule has 15 nitrogen and oxygen atoms in total. The Balaban J connectivity index is 0.877. The number of hydrogen-bond acceptors (Lipinski definition) is 9. The van der Waals surface area contributed by atoms with Crippen molar-refractivity contribution < 1.29 is 28.7 Å². The van der Waals surface area contributed by atoms with Crippen LogP contribution in [0.2, 0.25) is 0 Å². The SMILES string of the molecule is C=CC=CC=CCOC(=O)NC(C(=O)N1CC(C)(C)CC1c1ncc(-c2ccc(-c3ccc(-c4ccc5nc(C6CC(C)(C)CN6C(=O)C(NC(=O)Oc6ccccc6)C(C)C)[nH]c(=O)c5c4)c4c3CC3(CCCC3)C4)cc2)[nH]1)C(C)C. The number of allylic oxidation sites excluding steroid dienone is 4. The van der Waals surface area contributed by atoms with E-state index < -0.39 is 30.3 Å². The number of carbonyl (C=O) groups excluding carboxylic acids is 4. The van der Waals surface area contributed by atoms with Crippen LogP contribution in [0.3, 0.4) is 0 Å². The van der Waals surface area contributed by atoms with Crippen LogP contribution in [0, 0.1) is 28.1 Å². The van der Waals surface area contributed by atoms with Crippen LogP contribution in [-0.2, 0) is 27.2 Å². The Morgan fingerprint density at radius 1 is 0.707 bits per heavy atom. The van der Waals surface area contributed by atoms with Crippen molar-refractivity contribution in [2.45, 2.75) is 131 Å². The summed E-state index contributed by atoms with van der Waals surface area (Å²) in [7, 11) is 0. The van der Waals surface area contributed by atoms with Crippen molar-refractivity contribution in [2.24, 2.45) is 28.1 Å². The number of rotatable bonds is 16. The van der Waals surface area contributed by atoms with Crippen molar-refractivity contribution >= 4 is 34.9 Å². The number of imidazole rings is 1. The fourth-order valence-electron chi connectivity index (χ4n) is 13.1. The van der Waals surface area contributed by atoms with Gasteiger partial charge in [-0.15, -0.1) is 0 Å². The first kappa shape index (κ1) is 57.2. The van der Waals surface area contributed by atoms with Gasteiger partial charge in [0, 0.05) is 13.1 Å². The average molecular weight is 1110 g/mol. The predicted octanol–water partition coefficient (Wildman–Crippen LogP) is 12.8. The monoisotopic (exact) mass is 1110 g/mol. The number of hydrogen-bond donors (Lipinski definition) is 4. The zero-order chi connectivity index (χ0) is 58.1. The fourth-order valence-corrected chi connectivity index (χ4v) is 13.1. The minimum Gasteiger partial charge on any atom is -0.445 e. The number of aromatic nitrogens is 4. The van der Waals surface area contributed by atoms with Gasteiger partial charge in [-0.3, -0.25) is 14.4 Å². The lowest BCUT2D eigenvalue weighted by molar-refractivity contribution is -0.136. The van der Waals surface area contributed by atoms with Crippen LogP contribution in [0.25, 0.3) is 44.4 Å². The summed E-state index contributed by atoms with van der Waals surface area (Å²) in [5.41, 5.74) is 8.97. The molecule has 15 heteroatoms. The zero-order valence-corrected chi connectivity index (χ0v) is 48.6. The van der Waals surface area contributed by atoms with Crippen LogP contribution in [0.4, 0.5) is 9.59 Å². The maximum Gasteiger partial charge on any atom is 0.413 e. The van der Waals surface area contributed by atoms with Gasteiger partial charge in [0.05, 0.1) is 34.9 Å². The van der Waals surface area contributed by atoms with Crippen molar-refractivity contribution in [3.8, 4) is 39.3 Å². The summed E-state index contributed by atoms with van der Waals surface area (Å²) >= 11 is 0. The van der Waals surface area contributed by atoms with E-state index in [4.69, 9.17) is 19.4 Å². The normalized spacial score (nSPS) is 19.6. The van der Waals surface area contributed by atoms with Crippen molar-refractivity contribution in [2.75, 3.05) is 19.7 Å². The largest absolute Gasteiger partial charge is 0.445 e. The highest BCUT2D eigenvalue weighted by Crippen LogP contribution is 2.53. The smallest absolute Gasteiger partial charge is 0.413 e. The average Bonchev–Trinajstić information content (AvgIpc) is 4.43. The Morgan fingerprint density at radius 2 is 1.28 bits per heavy atom. The predicted molar refractivity (Wildman–Crippen MR) is 321 cm³/mol. The molecule has 4 unspecified atom stereocenters. The second-order valence-electron chi connectivity index (χ2n) is 25.4. The van der Waals surface area contributed by atoms with Crippen molar-refractivity contribution in [3.63, 3.8) is 0 Å². The molecule has 4 aromatic carbocycles. The van der Waals surface area contributed by atoms with Crippen LogP contribution in [0.5, 0.6) is 5.75 Å². The van der Waals surface area contributed by atoms with Gasteiger partial charge in [0.15, 0.2) is 0 Å². The number of likely N-dealkylation sites (tertiary alicyclic amines) is 2. The van der Waals surface area contributed by atoms with Gasteiger partial charge in [-0.25, -0.2) is 19.6 Å². The number of nitrogens with one attached hydrogen (secondary N) is 4. The van der Waals surface area contributed by atoms with Crippen LogP contribution >= 0.6 is 0 Å². The molecule has 1 saturated carbocycles. The number of nitrogens with zero attached hydrogens (tertiary/aromatic N) is 4. The molecule has 2 aromatic heterocycles. The summed E-state index contributed by atoms with van der Waals surface area (Å²) < 4.78 is 10.9. The van der Waals surface area contributed by atoms with Crippen LogP contribution in [0.1, 0.15) is 129 Å². The molecule has 4 atom stereocenters. The third-order valence-corrected chi connectivity index (χ3v) is 17.1. The van der Waals surface area contributed by atoms with E-state index in [9.17, 15) is 24.0 Å². The van der Waals surface area contributed by atoms with Gasteiger partial charge in [0.1, 0.15) is 36.1 Å². The Hall–Kier alpha value is -8.07. The molecule has 4 heterocycles. The van der Waals surface area contributed by atoms with Gasteiger partial charge >= 0.3 is 12.2 Å². The topological polar surface area (TPSA) is 192 Å². The number of H-pyrrole nitrogens is 2. The molecule has 82 heavy (non-hydrogen) atoms. The second kappa shape index (κ2) is 23.4. The minimum absolute atomic E-state index is 0.0698. The van der Waals surface area contributed by atoms with Crippen molar-refractivity contribution in [1.82, 2.24) is 40.4 Å². The number of aromatic amines is 2. The van der Waals surface area contributed by atoms with E-state index in [2.05, 4.69) is 97.3 Å². The lowest BCUT2D eigenvalue weighted by Crippen LogP contribution is -2.52. The van der Waals surface area contributed by atoms with Gasteiger partial charge < -0.3 is 39.9 Å². The first-order valence-corrected chi connectivity index (χ1v) is 29.1. The second-order valence-corrected chi connectivity index (χ2v) is 25.4. The maximum atomic E-state index is 14.5. The summed E-state index contributed by atoms with van der Waals surface area (Å²) in [6, 6.07) is 25.3. The highest BCUT2D eigenvalue weighted by Gasteiger charge is 2.47. The van der Waals surface area contributed by atoms with Gasteiger partial charge in [-0.05, 0) is 136 Å². The van der Waals surface area contributed by atoms with Gasteiger partial charge in [-0.1, -0.05) is 160 Å². The number of alkyl carbamates (subject to hydrolysis) is 1. The number of para-hydroxylation sites is 1. The zero-order valence-electron chi connectivity index (χ0n) is 48.6. The Bertz CT molecular complexity index is 3490. The van der Waals surface area contributed by atoms with Crippen LogP contribution in [-0.4, -0.2) is 85.5 Å². The maximum absolute atomic E-state index is 14.5. The molecule has 4 aliphatic rings. The van der Waals surface area contributed by atoms with Gasteiger partial charge in [0.2, 0.25) is 11.8 Å². The van der Waals surface area contributed by atoms with E-state index in [-0.39, 0.29) is 58.1 Å². The summed E-state index contributed by atoms with van der Waals surface area (Å²) in [6.07, 6.45) is 17.3. The van der Waals surface area contributed by atoms with Crippen LogP contribution < -0.4 is 20.9 Å². The molecule has 6 aromatic rings. The molecule has 1 spiro atoms. The molecule has 2 aliphatic heterocycles. The van der Waals surface area contributed by atoms with E-state index in [0.717, 1.165) is 40.8 Å². The highest BCUT2D eigenvalue weighted by atomic mass is 16.6. The standard InChI is InChI=1S/C67H78N8O7/c1-10-11-12-13-19-32-81-63(79)71-56(41(2)3)61(77)74-39-65(6,7)36-54(74)58-68-38-53(70-58)44-24-22-43(23-25-44)47-27-28-48(51-35-67(34-50(47)51)30-17-18-31-67)45-26-29-52-49(33-45)60(76)73-59(69-52)55-37-66(8,9)40-75(55)62(78)57(42(4)5)72-64(80)82-46-20-15-14-16-21-46/h10-16,19-29,33,38,41-42,54-57H,1,17-18,30-32,34-37,39-40H2,2-9H3,(H,68,70)(H,71,79)(H,72,80)(H,69,73,76). The number of carbonyl (C=O) groups is 4. The molecular weight excluding hydrogens is 1030 g/mol. The van der Waals surface area contributed by atoms with E-state index >= 15 is 0 Å².